The SMILES string of the molecule is Cc1noc(Cc2c(F)cccc2F)n1. The van der Waals surface area contributed by atoms with Crippen LogP contribution in [0.3, 0.4) is 0 Å². The summed E-state index contributed by atoms with van der Waals surface area (Å²) in [6.45, 7) is 1.64. The van der Waals surface area contributed by atoms with Crippen molar-refractivity contribution in [3.8, 4) is 0 Å². The Hall–Kier alpha value is -1.78. The molecule has 0 bridgehead atoms. The molecule has 1 aromatic carbocycles. The molecule has 0 saturated heterocycles. The fourth-order valence-corrected chi connectivity index (χ4v) is 1.26. The van der Waals surface area contributed by atoms with Gasteiger partial charge in [-0.05, 0) is 19.1 Å². The number of nitrogens with zero attached hydrogens (tertiary/aromatic N) is 2. The van der Waals surface area contributed by atoms with Crippen molar-refractivity contribution in [1.82, 2.24) is 10.1 Å². The first-order valence-corrected chi connectivity index (χ1v) is 4.39. The van der Waals surface area contributed by atoms with Crippen molar-refractivity contribution >= 4 is 0 Å². The molecule has 0 amide bonds. The van der Waals surface area contributed by atoms with E-state index in [1.807, 2.05) is 0 Å². The van der Waals surface area contributed by atoms with Crippen molar-refractivity contribution in [1.29, 1.82) is 0 Å². The number of hydrogen-bond acceptors (Lipinski definition) is 3. The summed E-state index contributed by atoms with van der Waals surface area (Å²) in [6, 6.07) is 3.70. The van der Waals surface area contributed by atoms with Gasteiger partial charge in [0.15, 0.2) is 5.82 Å². The Morgan fingerprint density at radius 1 is 1.27 bits per heavy atom. The molecule has 0 unspecified atom stereocenters. The highest BCUT2D eigenvalue weighted by molar-refractivity contribution is 5.22. The minimum atomic E-state index is -0.606. The predicted molar refractivity (Wildman–Crippen MR) is 48.2 cm³/mol. The zero-order valence-electron chi connectivity index (χ0n) is 8.00. The number of benzene rings is 1. The average Bonchev–Trinajstić information content (AvgIpc) is 2.58. The van der Waals surface area contributed by atoms with Crippen molar-refractivity contribution < 1.29 is 13.3 Å². The van der Waals surface area contributed by atoms with Crippen LogP contribution in [0.2, 0.25) is 0 Å². The number of aromatic nitrogens is 2. The Morgan fingerprint density at radius 3 is 2.47 bits per heavy atom. The van der Waals surface area contributed by atoms with Crippen LogP contribution in [0.15, 0.2) is 22.7 Å². The van der Waals surface area contributed by atoms with Gasteiger partial charge in [-0.25, -0.2) is 8.78 Å². The third kappa shape index (κ3) is 2.01. The summed E-state index contributed by atoms with van der Waals surface area (Å²) in [5.41, 5.74) is -0.0545. The topological polar surface area (TPSA) is 38.9 Å². The van der Waals surface area contributed by atoms with Gasteiger partial charge >= 0.3 is 0 Å². The molecule has 0 aliphatic rings. The third-order valence-electron chi connectivity index (χ3n) is 1.96. The molecule has 78 valence electrons. The van der Waals surface area contributed by atoms with Gasteiger partial charge in [0.05, 0.1) is 6.42 Å². The van der Waals surface area contributed by atoms with Crippen LogP contribution >= 0.6 is 0 Å². The molecular formula is C10H8F2N2O. The normalized spacial score (nSPS) is 10.6. The zero-order chi connectivity index (χ0) is 10.8. The third-order valence-corrected chi connectivity index (χ3v) is 1.96. The molecule has 0 fully saturated rings. The largest absolute Gasteiger partial charge is 0.339 e. The molecule has 2 aromatic rings. The molecule has 0 radical (unpaired) electrons. The lowest BCUT2D eigenvalue weighted by atomic mass is 10.1. The Kier molecular flexibility index (Phi) is 2.45. The minimum absolute atomic E-state index is 0.0284. The lowest BCUT2D eigenvalue weighted by molar-refractivity contribution is 0.378. The fraction of sp³-hybridized carbons (Fsp3) is 0.200. The van der Waals surface area contributed by atoms with Gasteiger partial charge in [-0.15, -0.1) is 0 Å². The van der Waals surface area contributed by atoms with Crippen LogP contribution in [0.4, 0.5) is 8.78 Å². The van der Waals surface area contributed by atoms with Crippen molar-refractivity contribution in [3.63, 3.8) is 0 Å². The van der Waals surface area contributed by atoms with Gasteiger partial charge < -0.3 is 4.52 Å². The van der Waals surface area contributed by atoms with E-state index < -0.39 is 11.6 Å². The number of hydrogen-bond donors (Lipinski definition) is 0. The second kappa shape index (κ2) is 3.76. The lowest BCUT2D eigenvalue weighted by Crippen LogP contribution is -1.97. The number of aryl methyl sites for hydroxylation is 1. The molecule has 1 aromatic heterocycles. The predicted octanol–water partition coefficient (Wildman–Crippen LogP) is 2.25. The highest BCUT2D eigenvalue weighted by atomic mass is 19.1. The van der Waals surface area contributed by atoms with E-state index in [1.165, 1.54) is 18.2 Å². The van der Waals surface area contributed by atoms with Crippen molar-refractivity contribution in [2.24, 2.45) is 0 Å². The highest BCUT2D eigenvalue weighted by Gasteiger charge is 2.12. The van der Waals surface area contributed by atoms with Gasteiger partial charge in [-0.2, -0.15) is 4.98 Å². The van der Waals surface area contributed by atoms with Crippen LogP contribution in [-0.2, 0) is 6.42 Å². The molecule has 0 saturated carbocycles. The van der Waals surface area contributed by atoms with E-state index in [0.717, 1.165) is 0 Å². The quantitative estimate of drug-likeness (QED) is 0.763. The summed E-state index contributed by atoms with van der Waals surface area (Å²) >= 11 is 0. The molecule has 0 atom stereocenters. The van der Waals surface area contributed by atoms with Gasteiger partial charge in [0, 0.05) is 5.56 Å². The Labute approximate surface area is 84.7 Å². The molecule has 1 heterocycles. The van der Waals surface area contributed by atoms with Crippen LogP contribution in [0, 0.1) is 18.6 Å². The van der Waals surface area contributed by atoms with Crippen molar-refractivity contribution in [2.45, 2.75) is 13.3 Å². The summed E-state index contributed by atoms with van der Waals surface area (Å²) in [4.78, 5) is 3.88. The fourth-order valence-electron chi connectivity index (χ4n) is 1.26. The molecular weight excluding hydrogens is 202 g/mol. The van der Waals surface area contributed by atoms with E-state index in [1.54, 1.807) is 6.92 Å². The Morgan fingerprint density at radius 2 is 1.93 bits per heavy atom. The highest BCUT2D eigenvalue weighted by Crippen LogP contribution is 2.15. The Bertz CT molecular complexity index is 462. The molecule has 5 heteroatoms. The van der Waals surface area contributed by atoms with E-state index in [2.05, 4.69) is 10.1 Å². The second-order valence-electron chi connectivity index (χ2n) is 3.11. The second-order valence-corrected chi connectivity index (χ2v) is 3.11. The summed E-state index contributed by atoms with van der Waals surface area (Å²) in [7, 11) is 0. The Balaban J connectivity index is 2.31. The number of rotatable bonds is 2. The van der Waals surface area contributed by atoms with Gasteiger partial charge in [0.25, 0.3) is 0 Å². The zero-order valence-corrected chi connectivity index (χ0v) is 8.00. The maximum Gasteiger partial charge on any atom is 0.231 e. The van der Waals surface area contributed by atoms with Crippen LogP contribution < -0.4 is 0 Å². The summed E-state index contributed by atoms with van der Waals surface area (Å²) in [6.07, 6.45) is -0.0284. The van der Waals surface area contributed by atoms with E-state index in [-0.39, 0.29) is 17.9 Å². The average molecular weight is 210 g/mol. The van der Waals surface area contributed by atoms with Gasteiger partial charge in [0.2, 0.25) is 5.89 Å². The molecule has 15 heavy (non-hydrogen) atoms. The standard InChI is InChI=1S/C10H8F2N2O/c1-6-13-10(15-14-6)5-7-8(11)3-2-4-9(7)12/h2-4H,5H2,1H3. The van der Waals surface area contributed by atoms with Crippen molar-refractivity contribution in [3.05, 3.63) is 47.1 Å². The summed E-state index contributed by atoms with van der Waals surface area (Å²) < 4.78 is 31.2. The first-order valence-electron chi connectivity index (χ1n) is 4.39. The smallest absolute Gasteiger partial charge is 0.231 e. The summed E-state index contributed by atoms with van der Waals surface area (Å²) in [5, 5.41) is 3.54. The van der Waals surface area contributed by atoms with Crippen LogP contribution in [-0.4, -0.2) is 10.1 Å². The van der Waals surface area contributed by atoms with E-state index in [4.69, 9.17) is 4.52 Å². The van der Waals surface area contributed by atoms with Gasteiger partial charge in [0.1, 0.15) is 11.6 Å². The first kappa shape index (κ1) is 9.76. The minimum Gasteiger partial charge on any atom is -0.339 e. The summed E-state index contributed by atoms with van der Waals surface area (Å²) in [5.74, 6) is -0.560. The molecule has 0 aliphatic heterocycles. The number of halogens is 2. The first-order chi connectivity index (χ1) is 7.16. The maximum absolute atomic E-state index is 13.2. The van der Waals surface area contributed by atoms with Gasteiger partial charge in [-0.3, -0.25) is 0 Å². The van der Waals surface area contributed by atoms with Crippen LogP contribution in [0.1, 0.15) is 17.3 Å². The van der Waals surface area contributed by atoms with Gasteiger partial charge in [-0.1, -0.05) is 11.2 Å². The van der Waals surface area contributed by atoms with Crippen molar-refractivity contribution in [2.75, 3.05) is 0 Å². The van der Waals surface area contributed by atoms with Crippen LogP contribution in [0.5, 0.6) is 0 Å². The molecule has 3 nitrogen and oxygen atoms in total. The molecule has 2 rings (SSSR count). The molecule has 0 N–H and O–H groups in total. The molecule has 0 aliphatic carbocycles. The van der Waals surface area contributed by atoms with E-state index in [0.29, 0.717) is 5.82 Å². The van der Waals surface area contributed by atoms with Crippen LogP contribution in [0.25, 0.3) is 0 Å². The monoisotopic (exact) mass is 210 g/mol. The lowest BCUT2D eigenvalue weighted by Gasteiger charge is -2.00. The molecule has 0 spiro atoms. The van der Waals surface area contributed by atoms with E-state index >= 15 is 0 Å². The maximum atomic E-state index is 13.2. The van der Waals surface area contributed by atoms with E-state index in [9.17, 15) is 8.78 Å².